The average molecular weight is 450 g/mol. The van der Waals surface area contributed by atoms with Crippen LogP contribution in [0.15, 0.2) is 77.3 Å². The Hall–Kier alpha value is -3.12. The van der Waals surface area contributed by atoms with Gasteiger partial charge >= 0.3 is 0 Å². The van der Waals surface area contributed by atoms with E-state index >= 15 is 0 Å². The molecule has 0 saturated carbocycles. The van der Waals surface area contributed by atoms with E-state index in [0.717, 1.165) is 27.1 Å². The van der Waals surface area contributed by atoms with Crippen LogP contribution in [0.2, 0.25) is 0 Å². The molecule has 4 rings (SSSR count). The predicted octanol–water partition coefficient (Wildman–Crippen LogP) is 4.79. The van der Waals surface area contributed by atoms with Crippen LogP contribution in [0.4, 0.5) is 0 Å². The summed E-state index contributed by atoms with van der Waals surface area (Å²) in [5, 5.41) is 2.98. The number of hydrogen-bond donors (Lipinski definition) is 1. The highest BCUT2D eigenvalue weighted by Gasteiger charge is 2.13. The van der Waals surface area contributed by atoms with Crippen LogP contribution in [0.3, 0.4) is 0 Å². The summed E-state index contributed by atoms with van der Waals surface area (Å²) in [6.45, 7) is 1.03. The van der Waals surface area contributed by atoms with Crippen LogP contribution in [0.5, 0.6) is 5.75 Å². The number of carbonyl (C=O) groups is 1. The molecule has 146 valence electrons. The third-order valence-corrected chi connectivity index (χ3v) is 5.28. The van der Waals surface area contributed by atoms with Gasteiger partial charge in [-0.05, 0) is 54.1 Å². The second-order valence-electron chi connectivity index (χ2n) is 6.64. The van der Waals surface area contributed by atoms with Crippen molar-refractivity contribution < 1.29 is 9.53 Å². The van der Waals surface area contributed by atoms with E-state index in [4.69, 9.17) is 9.72 Å². The molecule has 0 fully saturated rings. The first-order valence-corrected chi connectivity index (χ1v) is 10.0. The lowest BCUT2D eigenvalue weighted by atomic mass is 10.2. The topological polar surface area (TPSA) is 56.1 Å². The summed E-state index contributed by atoms with van der Waals surface area (Å²) >= 11 is 3.48. The predicted molar refractivity (Wildman–Crippen MR) is 117 cm³/mol. The first-order chi connectivity index (χ1) is 14.1. The molecule has 0 aliphatic rings. The van der Waals surface area contributed by atoms with Gasteiger partial charge in [0, 0.05) is 16.6 Å². The lowest BCUT2D eigenvalue weighted by Crippen LogP contribution is -2.24. The average Bonchev–Trinajstić information content (AvgIpc) is 3.11. The third-order valence-electron chi connectivity index (χ3n) is 4.75. The van der Waals surface area contributed by atoms with Crippen molar-refractivity contribution in [3.63, 3.8) is 0 Å². The van der Waals surface area contributed by atoms with Gasteiger partial charge in [0.2, 0.25) is 0 Å². The molecule has 0 radical (unpaired) electrons. The van der Waals surface area contributed by atoms with E-state index in [1.807, 2.05) is 30.3 Å². The molecule has 0 bridgehead atoms. The SMILES string of the molecule is COc1ccc(C(=O)NCc2nc3ccccc3n2Cc2ccc(Br)cc2)cc1. The number of imidazole rings is 1. The van der Waals surface area contributed by atoms with E-state index in [1.54, 1.807) is 31.4 Å². The Bertz CT molecular complexity index is 1140. The molecule has 0 unspecified atom stereocenters. The molecule has 5 nitrogen and oxygen atoms in total. The molecule has 0 saturated heterocycles. The molecule has 0 aliphatic carbocycles. The minimum Gasteiger partial charge on any atom is -0.497 e. The standard InChI is InChI=1S/C23H20BrN3O2/c1-29-19-12-8-17(9-13-19)23(28)25-14-22-26-20-4-2-3-5-21(20)27(22)15-16-6-10-18(24)11-7-16/h2-13H,14-15H2,1H3,(H,25,28). The number of nitrogens with zero attached hydrogens (tertiary/aromatic N) is 2. The van der Waals surface area contributed by atoms with E-state index < -0.39 is 0 Å². The van der Waals surface area contributed by atoms with Gasteiger partial charge in [-0.1, -0.05) is 40.2 Å². The number of halogens is 1. The summed E-state index contributed by atoms with van der Waals surface area (Å²) < 4.78 is 8.33. The molecule has 1 heterocycles. The number of methoxy groups -OCH3 is 1. The molecule has 0 atom stereocenters. The van der Waals surface area contributed by atoms with Crippen molar-refractivity contribution in [1.29, 1.82) is 0 Å². The van der Waals surface area contributed by atoms with Crippen LogP contribution in [0.1, 0.15) is 21.7 Å². The maximum absolute atomic E-state index is 12.5. The molecule has 4 aromatic rings. The van der Waals surface area contributed by atoms with Gasteiger partial charge in [-0.3, -0.25) is 4.79 Å². The highest BCUT2D eigenvalue weighted by atomic mass is 79.9. The molecule has 3 aromatic carbocycles. The van der Waals surface area contributed by atoms with Crippen LogP contribution < -0.4 is 10.1 Å². The van der Waals surface area contributed by atoms with Crippen molar-refractivity contribution in [2.24, 2.45) is 0 Å². The van der Waals surface area contributed by atoms with Gasteiger partial charge < -0.3 is 14.6 Å². The summed E-state index contributed by atoms with van der Waals surface area (Å²) in [7, 11) is 1.60. The maximum Gasteiger partial charge on any atom is 0.251 e. The Morgan fingerprint density at radius 2 is 1.76 bits per heavy atom. The van der Waals surface area contributed by atoms with Crippen molar-refractivity contribution in [1.82, 2.24) is 14.9 Å². The van der Waals surface area contributed by atoms with Crippen molar-refractivity contribution >= 4 is 32.9 Å². The zero-order valence-electron chi connectivity index (χ0n) is 15.9. The zero-order valence-corrected chi connectivity index (χ0v) is 17.5. The molecule has 1 amide bonds. The van der Waals surface area contributed by atoms with Crippen LogP contribution in [0, 0.1) is 0 Å². The largest absolute Gasteiger partial charge is 0.497 e. The maximum atomic E-state index is 12.5. The van der Waals surface area contributed by atoms with Crippen molar-refractivity contribution in [3.05, 3.63) is 94.2 Å². The summed E-state index contributed by atoms with van der Waals surface area (Å²) in [5.41, 5.74) is 3.71. The summed E-state index contributed by atoms with van der Waals surface area (Å²) in [6, 6.07) is 23.3. The van der Waals surface area contributed by atoms with Gasteiger partial charge in [-0.2, -0.15) is 0 Å². The second kappa shape index (κ2) is 8.49. The number of carbonyl (C=O) groups excluding carboxylic acids is 1. The Kier molecular flexibility index (Phi) is 5.62. The molecular formula is C23H20BrN3O2. The van der Waals surface area contributed by atoms with Crippen molar-refractivity contribution in [2.75, 3.05) is 7.11 Å². The van der Waals surface area contributed by atoms with E-state index in [0.29, 0.717) is 18.7 Å². The van der Waals surface area contributed by atoms with E-state index in [2.05, 4.69) is 44.0 Å². The Morgan fingerprint density at radius 3 is 2.48 bits per heavy atom. The zero-order chi connectivity index (χ0) is 20.2. The number of aromatic nitrogens is 2. The highest BCUT2D eigenvalue weighted by Crippen LogP contribution is 2.19. The molecule has 29 heavy (non-hydrogen) atoms. The lowest BCUT2D eigenvalue weighted by molar-refractivity contribution is 0.0949. The fourth-order valence-corrected chi connectivity index (χ4v) is 3.48. The second-order valence-corrected chi connectivity index (χ2v) is 7.56. The number of rotatable bonds is 6. The fourth-order valence-electron chi connectivity index (χ4n) is 3.21. The normalized spacial score (nSPS) is 10.8. The smallest absolute Gasteiger partial charge is 0.251 e. The Balaban J connectivity index is 1.57. The summed E-state index contributed by atoms with van der Waals surface area (Å²) in [5.74, 6) is 1.39. The number of para-hydroxylation sites is 2. The molecule has 1 aromatic heterocycles. The van der Waals surface area contributed by atoms with E-state index in [9.17, 15) is 4.79 Å². The third kappa shape index (κ3) is 4.32. The van der Waals surface area contributed by atoms with Crippen LogP contribution in [-0.2, 0) is 13.1 Å². The highest BCUT2D eigenvalue weighted by molar-refractivity contribution is 9.10. The first-order valence-electron chi connectivity index (χ1n) is 9.25. The van der Waals surface area contributed by atoms with Crippen LogP contribution >= 0.6 is 15.9 Å². The molecule has 0 aliphatic heterocycles. The van der Waals surface area contributed by atoms with Gasteiger partial charge in [0.1, 0.15) is 11.6 Å². The molecule has 6 heteroatoms. The monoisotopic (exact) mass is 449 g/mol. The van der Waals surface area contributed by atoms with E-state index in [-0.39, 0.29) is 5.91 Å². The number of nitrogens with one attached hydrogen (secondary N) is 1. The minimum atomic E-state index is -0.144. The van der Waals surface area contributed by atoms with Gasteiger partial charge in [-0.15, -0.1) is 0 Å². The fraction of sp³-hybridized carbons (Fsp3) is 0.130. The number of ether oxygens (including phenoxy) is 1. The number of amides is 1. The summed E-state index contributed by atoms with van der Waals surface area (Å²) in [6.07, 6.45) is 0. The number of benzene rings is 3. The molecular weight excluding hydrogens is 430 g/mol. The van der Waals surface area contributed by atoms with Crippen molar-refractivity contribution in [3.8, 4) is 5.75 Å². The minimum absolute atomic E-state index is 0.144. The van der Waals surface area contributed by atoms with Crippen LogP contribution in [0.25, 0.3) is 11.0 Å². The van der Waals surface area contributed by atoms with Gasteiger partial charge in [0.25, 0.3) is 5.91 Å². The quantitative estimate of drug-likeness (QED) is 0.460. The summed E-state index contributed by atoms with van der Waals surface area (Å²) in [4.78, 5) is 17.3. The number of hydrogen-bond acceptors (Lipinski definition) is 3. The lowest BCUT2D eigenvalue weighted by Gasteiger charge is -2.11. The van der Waals surface area contributed by atoms with Gasteiger partial charge in [-0.25, -0.2) is 4.98 Å². The number of fused-ring (bicyclic) bond motifs is 1. The van der Waals surface area contributed by atoms with E-state index in [1.165, 1.54) is 5.56 Å². The van der Waals surface area contributed by atoms with Gasteiger partial charge in [0.05, 0.1) is 24.7 Å². The van der Waals surface area contributed by atoms with Gasteiger partial charge in [0.15, 0.2) is 0 Å². The Labute approximate surface area is 177 Å². The van der Waals surface area contributed by atoms with Crippen molar-refractivity contribution in [2.45, 2.75) is 13.1 Å². The van der Waals surface area contributed by atoms with Crippen LogP contribution in [-0.4, -0.2) is 22.6 Å². The molecule has 1 N–H and O–H groups in total. The first kappa shape index (κ1) is 19.2. The Morgan fingerprint density at radius 1 is 1.03 bits per heavy atom. The molecule has 0 spiro atoms.